The Hall–Kier alpha value is -1.74. The minimum atomic E-state index is 0.409. The average molecular weight is 267 g/mol. The monoisotopic (exact) mass is 267 g/mol. The molecule has 2 aliphatic rings. The number of benzene rings is 1. The van der Waals surface area contributed by atoms with Gasteiger partial charge in [-0.3, -0.25) is 0 Å². The van der Waals surface area contributed by atoms with Gasteiger partial charge in [-0.25, -0.2) is 0 Å². The predicted molar refractivity (Wildman–Crippen MR) is 82.3 cm³/mol. The Labute approximate surface area is 120 Å². The van der Waals surface area contributed by atoms with E-state index in [1.165, 1.54) is 16.9 Å². The third-order valence-electron chi connectivity index (χ3n) is 4.85. The van der Waals surface area contributed by atoms with Gasteiger partial charge in [0.15, 0.2) is 0 Å². The van der Waals surface area contributed by atoms with Crippen molar-refractivity contribution in [1.29, 1.82) is 0 Å². The fourth-order valence-corrected chi connectivity index (χ4v) is 3.76. The number of para-hydroxylation sites is 1. The molecule has 20 heavy (non-hydrogen) atoms. The number of anilines is 1. The second-order valence-corrected chi connectivity index (χ2v) is 6.05. The molecule has 1 fully saturated rings. The molecule has 3 nitrogen and oxygen atoms in total. The van der Waals surface area contributed by atoms with Crippen LogP contribution >= 0.6 is 0 Å². The van der Waals surface area contributed by atoms with Crippen molar-refractivity contribution in [3.63, 3.8) is 0 Å². The van der Waals surface area contributed by atoms with E-state index < -0.39 is 0 Å². The zero-order valence-corrected chi connectivity index (χ0v) is 12.2. The topological polar surface area (TPSA) is 11.4 Å². The molecule has 0 aliphatic carbocycles. The summed E-state index contributed by atoms with van der Waals surface area (Å²) in [5.41, 5.74) is 4.30. The summed E-state index contributed by atoms with van der Waals surface area (Å²) in [5.74, 6) is 0. The molecule has 2 atom stereocenters. The van der Waals surface area contributed by atoms with Crippen molar-refractivity contribution in [2.75, 3.05) is 31.6 Å². The van der Waals surface area contributed by atoms with E-state index in [9.17, 15) is 0 Å². The lowest BCUT2D eigenvalue weighted by atomic mass is 10.0. The van der Waals surface area contributed by atoms with Gasteiger partial charge in [-0.05, 0) is 37.7 Å². The fraction of sp³-hybridized carbons (Fsp3) is 0.412. The first-order valence-corrected chi connectivity index (χ1v) is 7.46. The van der Waals surface area contributed by atoms with Crippen LogP contribution in [0.2, 0.25) is 0 Å². The van der Waals surface area contributed by atoms with Gasteiger partial charge >= 0.3 is 0 Å². The predicted octanol–water partition coefficient (Wildman–Crippen LogP) is 2.90. The molecule has 0 radical (unpaired) electrons. The van der Waals surface area contributed by atoms with E-state index in [4.69, 9.17) is 0 Å². The first kappa shape index (κ1) is 12.0. The molecule has 0 bridgehead atoms. The van der Waals surface area contributed by atoms with Crippen molar-refractivity contribution >= 4 is 5.69 Å². The van der Waals surface area contributed by atoms with Crippen LogP contribution in [0.15, 0.2) is 42.6 Å². The van der Waals surface area contributed by atoms with Crippen molar-refractivity contribution in [2.45, 2.75) is 19.0 Å². The van der Waals surface area contributed by atoms with Gasteiger partial charge in [-0.2, -0.15) is 0 Å². The molecule has 4 rings (SSSR count). The maximum absolute atomic E-state index is 2.60. The van der Waals surface area contributed by atoms with Gasteiger partial charge in [0.05, 0.1) is 12.1 Å². The number of nitrogens with zero attached hydrogens (tertiary/aromatic N) is 3. The third-order valence-corrected chi connectivity index (χ3v) is 4.85. The smallest absolute Gasteiger partial charge is 0.0821 e. The van der Waals surface area contributed by atoms with Gasteiger partial charge in [0.25, 0.3) is 0 Å². The molecule has 0 saturated carbocycles. The van der Waals surface area contributed by atoms with Gasteiger partial charge in [-0.1, -0.05) is 18.2 Å². The van der Waals surface area contributed by atoms with E-state index in [0.29, 0.717) is 12.1 Å². The molecule has 0 N–H and O–H groups in total. The number of fused-ring (bicyclic) bond motifs is 5. The molecule has 3 heteroatoms. The first-order valence-electron chi connectivity index (χ1n) is 7.46. The van der Waals surface area contributed by atoms with E-state index in [1.807, 2.05) is 0 Å². The lowest BCUT2D eigenvalue weighted by Crippen LogP contribution is -2.47. The van der Waals surface area contributed by atoms with E-state index >= 15 is 0 Å². The Kier molecular flexibility index (Phi) is 2.64. The third kappa shape index (κ3) is 1.63. The molecule has 1 aromatic heterocycles. The quantitative estimate of drug-likeness (QED) is 0.727. The number of rotatable bonds is 0. The molecule has 0 spiro atoms. The Bertz CT molecular complexity index is 631. The van der Waals surface area contributed by atoms with Crippen LogP contribution in [-0.2, 0) is 0 Å². The van der Waals surface area contributed by atoms with Crippen LogP contribution in [0.3, 0.4) is 0 Å². The number of hydrogen-bond donors (Lipinski definition) is 0. The minimum absolute atomic E-state index is 0.409. The number of likely N-dealkylation sites (N-methyl/N-ethyl adjacent to an activating group) is 1. The number of aromatic nitrogens is 1. The molecule has 104 valence electrons. The highest BCUT2D eigenvalue weighted by Crippen LogP contribution is 2.40. The van der Waals surface area contributed by atoms with Gasteiger partial charge < -0.3 is 14.4 Å². The van der Waals surface area contributed by atoms with E-state index in [-0.39, 0.29) is 0 Å². The molecule has 1 saturated heterocycles. The number of piperazine rings is 1. The van der Waals surface area contributed by atoms with Gasteiger partial charge in [0.1, 0.15) is 0 Å². The number of hydrogen-bond acceptors (Lipinski definition) is 2. The molecule has 2 aromatic rings. The lowest BCUT2D eigenvalue weighted by molar-refractivity contribution is 0.265. The van der Waals surface area contributed by atoms with Crippen LogP contribution in [0.25, 0.3) is 0 Å². The molecular weight excluding hydrogens is 246 g/mol. The summed E-state index contributed by atoms with van der Waals surface area (Å²) < 4.78 is 2.45. The van der Waals surface area contributed by atoms with Crippen molar-refractivity contribution in [3.8, 4) is 0 Å². The summed E-state index contributed by atoms with van der Waals surface area (Å²) in [6, 6.07) is 14.3. The van der Waals surface area contributed by atoms with Crippen molar-refractivity contribution in [2.24, 2.45) is 0 Å². The maximum Gasteiger partial charge on any atom is 0.0821 e. The SMILES string of the molecule is CC1c2ccccc2N2CCN(C)CC2c2cccn21. The largest absolute Gasteiger partial charge is 0.360 e. The average Bonchev–Trinajstić information content (AvgIpc) is 2.92. The molecular formula is C17H21N3. The summed E-state index contributed by atoms with van der Waals surface area (Å²) >= 11 is 0. The first-order chi connectivity index (χ1) is 9.75. The Morgan fingerprint density at radius 3 is 2.80 bits per heavy atom. The molecule has 2 aliphatic heterocycles. The Morgan fingerprint density at radius 1 is 1.05 bits per heavy atom. The van der Waals surface area contributed by atoms with Crippen LogP contribution in [-0.4, -0.2) is 36.1 Å². The second kappa shape index (κ2) is 4.38. The summed E-state index contributed by atoms with van der Waals surface area (Å²) in [6.07, 6.45) is 2.23. The van der Waals surface area contributed by atoms with Crippen molar-refractivity contribution in [1.82, 2.24) is 9.47 Å². The molecule has 0 amide bonds. The van der Waals surface area contributed by atoms with Crippen LogP contribution in [0, 0.1) is 0 Å². The highest BCUT2D eigenvalue weighted by molar-refractivity contribution is 5.58. The van der Waals surface area contributed by atoms with E-state index in [2.05, 4.69) is 70.9 Å². The Morgan fingerprint density at radius 2 is 1.90 bits per heavy atom. The standard InChI is InChI=1S/C17H21N3/c1-13-14-6-3-4-7-15(14)20-11-10-18(2)12-17(20)16-8-5-9-19(13)16/h3-9,13,17H,10-12H2,1-2H3. The Balaban J connectivity index is 1.93. The van der Waals surface area contributed by atoms with Gasteiger partial charge in [0, 0.05) is 37.2 Å². The summed E-state index contributed by atoms with van der Waals surface area (Å²) in [4.78, 5) is 5.04. The van der Waals surface area contributed by atoms with Crippen LogP contribution in [0.1, 0.15) is 30.3 Å². The van der Waals surface area contributed by atoms with Crippen LogP contribution in [0.4, 0.5) is 5.69 Å². The molecule has 2 unspecified atom stereocenters. The highest BCUT2D eigenvalue weighted by atomic mass is 15.3. The zero-order chi connectivity index (χ0) is 13.7. The van der Waals surface area contributed by atoms with Crippen molar-refractivity contribution < 1.29 is 0 Å². The normalized spacial score (nSPS) is 25.6. The summed E-state index contributed by atoms with van der Waals surface area (Å²) in [7, 11) is 2.23. The van der Waals surface area contributed by atoms with Crippen molar-refractivity contribution in [3.05, 3.63) is 53.9 Å². The molecule has 3 heterocycles. The van der Waals surface area contributed by atoms with E-state index in [0.717, 1.165) is 19.6 Å². The zero-order valence-electron chi connectivity index (χ0n) is 12.2. The highest BCUT2D eigenvalue weighted by Gasteiger charge is 2.34. The maximum atomic E-state index is 2.60. The van der Waals surface area contributed by atoms with Gasteiger partial charge in [0.2, 0.25) is 0 Å². The minimum Gasteiger partial charge on any atom is -0.360 e. The summed E-state index contributed by atoms with van der Waals surface area (Å²) in [5, 5.41) is 0. The van der Waals surface area contributed by atoms with Crippen LogP contribution in [0.5, 0.6) is 0 Å². The van der Waals surface area contributed by atoms with E-state index in [1.54, 1.807) is 0 Å². The van der Waals surface area contributed by atoms with Crippen LogP contribution < -0.4 is 4.90 Å². The fourth-order valence-electron chi connectivity index (χ4n) is 3.76. The lowest BCUT2D eigenvalue weighted by Gasteiger charge is -2.41. The molecule has 1 aromatic carbocycles. The second-order valence-electron chi connectivity index (χ2n) is 6.05. The summed E-state index contributed by atoms with van der Waals surface area (Å²) in [6.45, 7) is 5.66. The van der Waals surface area contributed by atoms with Gasteiger partial charge in [-0.15, -0.1) is 0 Å².